The van der Waals surface area contributed by atoms with Crippen LogP contribution in [0.1, 0.15) is 27.2 Å². The van der Waals surface area contributed by atoms with Gasteiger partial charge in [-0.05, 0) is 33.3 Å². The van der Waals surface area contributed by atoms with Crippen molar-refractivity contribution in [2.75, 3.05) is 13.2 Å². The molecule has 0 unspecified atom stereocenters. The lowest BCUT2D eigenvalue weighted by Gasteiger charge is -2.18. The molecule has 1 heterocycles. The first kappa shape index (κ1) is 13.7. The zero-order chi connectivity index (χ0) is 12.7. The van der Waals surface area contributed by atoms with Crippen molar-refractivity contribution in [1.82, 2.24) is 15.1 Å². The summed E-state index contributed by atoms with van der Waals surface area (Å²) in [5.74, 6) is -0.0691. The number of nitrogens with zero attached hydrogens (tertiary/aromatic N) is 2. The molecule has 1 aromatic rings. The molecular weight excluding hydrogens is 218 g/mol. The summed E-state index contributed by atoms with van der Waals surface area (Å²) in [5.41, 5.74) is -0.271. The summed E-state index contributed by atoms with van der Waals surface area (Å²) in [6, 6.07) is 1.88. The van der Waals surface area contributed by atoms with E-state index in [1.807, 2.05) is 37.7 Å². The quantitative estimate of drug-likeness (QED) is 0.759. The minimum Gasteiger partial charge on any atom is -0.366 e. The van der Waals surface area contributed by atoms with Crippen LogP contribution in [0.15, 0.2) is 18.5 Å². The topological polar surface area (TPSA) is 56.1 Å². The van der Waals surface area contributed by atoms with Crippen molar-refractivity contribution in [3.63, 3.8) is 0 Å². The van der Waals surface area contributed by atoms with E-state index in [1.54, 1.807) is 6.20 Å². The van der Waals surface area contributed by atoms with E-state index in [4.69, 9.17) is 4.74 Å². The Balaban J connectivity index is 2.04. The third kappa shape index (κ3) is 6.73. The number of hydrogen-bond donors (Lipinski definition) is 1. The van der Waals surface area contributed by atoms with Crippen molar-refractivity contribution in [3.8, 4) is 0 Å². The predicted octanol–water partition coefficient (Wildman–Crippen LogP) is 1.20. The summed E-state index contributed by atoms with van der Waals surface area (Å²) in [5, 5.41) is 6.89. The number of carbonyl (C=O) groups is 1. The van der Waals surface area contributed by atoms with E-state index in [-0.39, 0.29) is 18.1 Å². The molecule has 0 spiro atoms. The van der Waals surface area contributed by atoms with Gasteiger partial charge in [-0.25, -0.2) is 0 Å². The molecule has 5 nitrogen and oxygen atoms in total. The number of hydrogen-bond acceptors (Lipinski definition) is 3. The van der Waals surface area contributed by atoms with Crippen LogP contribution >= 0.6 is 0 Å². The number of amides is 1. The molecule has 0 aliphatic carbocycles. The first-order valence-corrected chi connectivity index (χ1v) is 5.85. The van der Waals surface area contributed by atoms with Gasteiger partial charge in [0, 0.05) is 25.5 Å². The van der Waals surface area contributed by atoms with Crippen LogP contribution in [0, 0.1) is 0 Å². The number of ether oxygens (including phenoxy) is 1. The monoisotopic (exact) mass is 239 g/mol. The molecule has 0 aromatic carbocycles. The van der Waals surface area contributed by atoms with E-state index in [2.05, 4.69) is 10.4 Å². The molecule has 0 aliphatic rings. The molecule has 0 atom stereocenters. The van der Waals surface area contributed by atoms with Crippen LogP contribution < -0.4 is 5.32 Å². The van der Waals surface area contributed by atoms with Crippen LogP contribution in [0.5, 0.6) is 0 Å². The van der Waals surface area contributed by atoms with Crippen LogP contribution in [0.25, 0.3) is 0 Å². The maximum atomic E-state index is 11.4. The zero-order valence-electron chi connectivity index (χ0n) is 10.8. The molecule has 96 valence electrons. The number of aromatic nitrogens is 2. The number of carbonyl (C=O) groups excluding carboxylic acids is 1. The van der Waals surface area contributed by atoms with Gasteiger partial charge in [-0.15, -0.1) is 0 Å². The minimum atomic E-state index is -0.271. The average Bonchev–Trinajstić information content (AvgIpc) is 2.73. The van der Waals surface area contributed by atoms with E-state index in [1.165, 1.54) is 0 Å². The molecule has 1 rings (SSSR count). The van der Waals surface area contributed by atoms with E-state index in [9.17, 15) is 4.79 Å². The van der Waals surface area contributed by atoms with Crippen molar-refractivity contribution >= 4 is 5.91 Å². The lowest BCUT2D eigenvalue weighted by molar-refractivity contribution is -0.130. The maximum absolute atomic E-state index is 11.4. The standard InChI is InChI=1S/C12H21N3O2/c1-12(2,3)17-10-11(16)13-6-4-8-15-9-5-7-14-15/h5,7,9H,4,6,8,10H2,1-3H3,(H,13,16). The lowest BCUT2D eigenvalue weighted by atomic mass is 10.2. The molecular formula is C12H21N3O2. The van der Waals surface area contributed by atoms with Crippen LogP contribution in [-0.2, 0) is 16.1 Å². The van der Waals surface area contributed by atoms with E-state index < -0.39 is 0 Å². The summed E-state index contributed by atoms with van der Waals surface area (Å²) >= 11 is 0. The number of aryl methyl sites for hydroxylation is 1. The molecule has 5 heteroatoms. The van der Waals surface area contributed by atoms with Gasteiger partial charge >= 0.3 is 0 Å². The Morgan fingerprint density at radius 1 is 1.47 bits per heavy atom. The lowest BCUT2D eigenvalue weighted by Crippen LogP contribution is -2.32. The Morgan fingerprint density at radius 2 is 2.24 bits per heavy atom. The highest BCUT2D eigenvalue weighted by Crippen LogP contribution is 2.05. The molecule has 0 saturated carbocycles. The molecule has 0 saturated heterocycles. The van der Waals surface area contributed by atoms with Gasteiger partial charge in [-0.3, -0.25) is 9.48 Å². The van der Waals surface area contributed by atoms with Crippen molar-refractivity contribution in [2.45, 2.75) is 39.3 Å². The second kappa shape index (κ2) is 6.39. The first-order valence-electron chi connectivity index (χ1n) is 5.85. The van der Waals surface area contributed by atoms with Gasteiger partial charge in [0.05, 0.1) is 5.60 Å². The smallest absolute Gasteiger partial charge is 0.246 e. The minimum absolute atomic E-state index is 0.0691. The average molecular weight is 239 g/mol. The Kier molecular flexibility index (Phi) is 5.15. The normalized spacial score (nSPS) is 11.5. The zero-order valence-corrected chi connectivity index (χ0v) is 10.8. The largest absolute Gasteiger partial charge is 0.366 e. The third-order valence-electron chi connectivity index (χ3n) is 2.08. The fourth-order valence-corrected chi connectivity index (χ4v) is 1.23. The summed E-state index contributed by atoms with van der Waals surface area (Å²) < 4.78 is 7.21. The first-order chi connectivity index (χ1) is 7.97. The Hall–Kier alpha value is -1.36. The molecule has 1 aromatic heterocycles. The number of nitrogens with one attached hydrogen (secondary N) is 1. The van der Waals surface area contributed by atoms with E-state index >= 15 is 0 Å². The molecule has 1 amide bonds. The highest BCUT2D eigenvalue weighted by Gasteiger charge is 2.12. The van der Waals surface area contributed by atoms with Gasteiger partial charge in [0.25, 0.3) is 0 Å². The maximum Gasteiger partial charge on any atom is 0.246 e. The van der Waals surface area contributed by atoms with E-state index in [0.717, 1.165) is 13.0 Å². The Bertz CT molecular complexity index is 328. The molecule has 1 N–H and O–H groups in total. The Morgan fingerprint density at radius 3 is 2.82 bits per heavy atom. The van der Waals surface area contributed by atoms with Crippen LogP contribution in [0.4, 0.5) is 0 Å². The summed E-state index contributed by atoms with van der Waals surface area (Å²) in [6.45, 7) is 7.36. The van der Waals surface area contributed by atoms with Crippen LogP contribution in [0.3, 0.4) is 0 Å². The highest BCUT2D eigenvalue weighted by molar-refractivity contribution is 5.77. The van der Waals surface area contributed by atoms with Crippen LogP contribution in [0.2, 0.25) is 0 Å². The van der Waals surface area contributed by atoms with Gasteiger partial charge in [0.2, 0.25) is 5.91 Å². The SMILES string of the molecule is CC(C)(C)OCC(=O)NCCCn1cccn1. The summed E-state index contributed by atoms with van der Waals surface area (Å²) in [4.78, 5) is 11.4. The fourth-order valence-electron chi connectivity index (χ4n) is 1.23. The van der Waals surface area contributed by atoms with Crippen molar-refractivity contribution in [2.24, 2.45) is 0 Å². The molecule has 0 radical (unpaired) electrons. The van der Waals surface area contributed by atoms with Crippen molar-refractivity contribution in [3.05, 3.63) is 18.5 Å². The van der Waals surface area contributed by atoms with Gasteiger partial charge < -0.3 is 10.1 Å². The van der Waals surface area contributed by atoms with Gasteiger partial charge in [-0.1, -0.05) is 0 Å². The van der Waals surface area contributed by atoms with Crippen molar-refractivity contribution in [1.29, 1.82) is 0 Å². The summed E-state index contributed by atoms with van der Waals surface area (Å²) in [7, 11) is 0. The molecule has 0 bridgehead atoms. The predicted molar refractivity (Wildman–Crippen MR) is 65.6 cm³/mol. The highest BCUT2D eigenvalue weighted by atomic mass is 16.5. The third-order valence-corrected chi connectivity index (χ3v) is 2.08. The van der Waals surface area contributed by atoms with Gasteiger partial charge in [0.1, 0.15) is 6.61 Å². The molecule has 0 fully saturated rings. The number of rotatable bonds is 6. The Labute approximate surface area is 102 Å². The van der Waals surface area contributed by atoms with Crippen molar-refractivity contribution < 1.29 is 9.53 Å². The van der Waals surface area contributed by atoms with Crippen LogP contribution in [-0.4, -0.2) is 34.4 Å². The second-order valence-electron chi connectivity index (χ2n) is 4.87. The second-order valence-corrected chi connectivity index (χ2v) is 4.87. The van der Waals surface area contributed by atoms with E-state index in [0.29, 0.717) is 6.54 Å². The molecule has 0 aliphatic heterocycles. The van der Waals surface area contributed by atoms with Gasteiger partial charge in [0.15, 0.2) is 0 Å². The van der Waals surface area contributed by atoms with Gasteiger partial charge in [-0.2, -0.15) is 5.10 Å². The molecule has 17 heavy (non-hydrogen) atoms. The fraction of sp³-hybridized carbons (Fsp3) is 0.667. The summed E-state index contributed by atoms with van der Waals surface area (Å²) in [6.07, 6.45) is 4.52.